The number of nitrogens with zero attached hydrogens (tertiary/aromatic N) is 4. The lowest BCUT2D eigenvalue weighted by atomic mass is 10.2. The Morgan fingerprint density at radius 3 is 2.75 bits per heavy atom. The van der Waals surface area contributed by atoms with Crippen LogP contribution in [0.25, 0.3) is 0 Å². The molecule has 2 aromatic heterocycles. The van der Waals surface area contributed by atoms with Crippen molar-refractivity contribution in [2.45, 2.75) is 13.3 Å². The Bertz CT molecular complexity index is 1220. The van der Waals surface area contributed by atoms with E-state index in [0.29, 0.717) is 38.0 Å². The Balaban J connectivity index is 1.30. The fourth-order valence-electron chi connectivity index (χ4n) is 2.84. The minimum atomic E-state index is -0.379. The van der Waals surface area contributed by atoms with E-state index in [0.717, 1.165) is 0 Å². The lowest BCUT2D eigenvalue weighted by Crippen LogP contribution is -2.19. The number of halogens is 3. The van der Waals surface area contributed by atoms with Crippen LogP contribution in [0.4, 0.5) is 15.9 Å². The summed E-state index contributed by atoms with van der Waals surface area (Å²) in [6, 6.07) is 13.4. The van der Waals surface area contributed by atoms with Gasteiger partial charge in [0.15, 0.2) is 17.7 Å². The Labute approximate surface area is 198 Å². The minimum Gasteiger partial charge on any atom is -0.471 e. The third-order valence-corrected chi connectivity index (χ3v) is 5.11. The fourth-order valence-corrected chi connectivity index (χ4v) is 3.46. The molecule has 2 N–H and O–H groups in total. The zero-order valence-electron chi connectivity index (χ0n) is 16.5. The lowest BCUT2D eigenvalue weighted by Gasteiger charge is -2.08. The maximum Gasteiger partial charge on any atom is 0.180 e. The third kappa shape index (κ3) is 5.76. The monoisotopic (exact) mass is 490 g/mol. The maximum absolute atomic E-state index is 14.0. The Morgan fingerprint density at radius 1 is 1.09 bits per heavy atom. The number of benzene rings is 2. The molecule has 0 bridgehead atoms. The highest BCUT2D eigenvalue weighted by molar-refractivity contribution is 7.80. The van der Waals surface area contributed by atoms with Crippen molar-refractivity contribution >= 4 is 52.0 Å². The van der Waals surface area contributed by atoms with Gasteiger partial charge in [-0.15, -0.1) is 0 Å². The van der Waals surface area contributed by atoms with Crippen molar-refractivity contribution in [2.75, 3.05) is 10.6 Å². The van der Waals surface area contributed by atoms with Gasteiger partial charge in [-0.05, 0) is 42.5 Å². The average Bonchev–Trinajstić information content (AvgIpc) is 3.38. The number of rotatable bonds is 7. The standard InChI is InChI=1S/C21H17Cl2FN6OS/c22-14-3-1-4-16(9-14)31-13-30-11-15(10-25-30)26-21(32)27-20-7-8-29(28-20)12-17-18(23)5-2-6-19(17)24/h1-11H,12-13H2,(H2,26,27,28,32). The van der Waals surface area contributed by atoms with Crippen LogP contribution in [0.2, 0.25) is 10.0 Å². The van der Waals surface area contributed by atoms with Crippen molar-refractivity contribution in [3.05, 3.63) is 88.5 Å². The molecule has 0 saturated carbocycles. The van der Waals surface area contributed by atoms with Crippen molar-refractivity contribution in [1.29, 1.82) is 0 Å². The van der Waals surface area contributed by atoms with E-state index < -0.39 is 0 Å². The molecule has 0 aliphatic rings. The van der Waals surface area contributed by atoms with Gasteiger partial charge in [0, 0.05) is 27.9 Å². The second kappa shape index (κ2) is 9.99. The molecule has 0 spiro atoms. The Kier molecular flexibility index (Phi) is 6.89. The van der Waals surface area contributed by atoms with Gasteiger partial charge in [0.1, 0.15) is 11.6 Å². The number of hydrogen-bond acceptors (Lipinski definition) is 4. The van der Waals surface area contributed by atoms with Crippen LogP contribution in [0.1, 0.15) is 5.56 Å². The molecule has 0 aliphatic heterocycles. The molecule has 164 valence electrons. The molecule has 2 heterocycles. The van der Waals surface area contributed by atoms with Crippen LogP contribution < -0.4 is 15.4 Å². The van der Waals surface area contributed by atoms with Crippen molar-refractivity contribution in [3.63, 3.8) is 0 Å². The molecule has 0 saturated heterocycles. The number of aromatic nitrogens is 4. The predicted molar refractivity (Wildman–Crippen MR) is 127 cm³/mol. The molecule has 11 heteroatoms. The number of ether oxygens (including phenoxy) is 1. The van der Waals surface area contributed by atoms with E-state index in [-0.39, 0.29) is 19.1 Å². The lowest BCUT2D eigenvalue weighted by molar-refractivity contribution is 0.221. The predicted octanol–water partition coefficient (Wildman–Crippen LogP) is 5.42. The van der Waals surface area contributed by atoms with E-state index in [1.54, 1.807) is 58.3 Å². The Morgan fingerprint density at radius 2 is 1.94 bits per heavy atom. The molecule has 0 amide bonds. The maximum atomic E-state index is 14.0. The molecule has 2 aromatic carbocycles. The minimum absolute atomic E-state index is 0.201. The van der Waals surface area contributed by atoms with Crippen molar-refractivity contribution in [3.8, 4) is 5.75 Å². The van der Waals surface area contributed by atoms with Crippen molar-refractivity contribution in [1.82, 2.24) is 19.6 Å². The summed E-state index contributed by atoms with van der Waals surface area (Å²) in [5.74, 6) is 0.773. The van der Waals surface area contributed by atoms with Gasteiger partial charge in [-0.25, -0.2) is 9.07 Å². The molecule has 0 atom stereocenters. The number of hydrogen-bond donors (Lipinski definition) is 2. The average molecular weight is 491 g/mol. The fraction of sp³-hybridized carbons (Fsp3) is 0.0952. The molecule has 7 nitrogen and oxygen atoms in total. The zero-order valence-corrected chi connectivity index (χ0v) is 18.8. The van der Waals surface area contributed by atoms with Gasteiger partial charge in [0.2, 0.25) is 0 Å². The van der Waals surface area contributed by atoms with E-state index in [1.165, 1.54) is 6.07 Å². The molecule has 0 radical (unpaired) electrons. The van der Waals surface area contributed by atoms with Crippen LogP contribution in [0.15, 0.2) is 67.1 Å². The van der Waals surface area contributed by atoms with Gasteiger partial charge in [-0.3, -0.25) is 4.68 Å². The summed E-state index contributed by atoms with van der Waals surface area (Å²) in [5, 5.41) is 15.8. The largest absolute Gasteiger partial charge is 0.471 e. The van der Waals surface area contributed by atoms with Crippen molar-refractivity contribution in [2.24, 2.45) is 0 Å². The first-order valence-electron chi connectivity index (χ1n) is 9.41. The SMILES string of the molecule is Fc1cccc(Cl)c1Cn1ccc(NC(=S)Nc2cnn(COc3cccc(Cl)c3)c2)n1. The molecule has 4 aromatic rings. The van der Waals surface area contributed by atoms with Gasteiger partial charge in [-0.2, -0.15) is 10.2 Å². The van der Waals surface area contributed by atoms with Crippen LogP contribution in [0, 0.1) is 5.82 Å². The topological polar surface area (TPSA) is 68.9 Å². The summed E-state index contributed by atoms with van der Waals surface area (Å²) in [6.45, 7) is 0.415. The normalized spacial score (nSPS) is 10.7. The molecular formula is C21H17Cl2FN6OS. The highest BCUT2D eigenvalue weighted by Gasteiger charge is 2.10. The quantitative estimate of drug-likeness (QED) is 0.337. The molecule has 0 fully saturated rings. The first kappa shape index (κ1) is 22.1. The molecule has 0 aliphatic carbocycles. The second-order valence-electron chi connectivity index (χ2n) is 6.68. The summed E-state index contributed by atoms with van der Waals surface area (Å²) in [6.07, 6.45) is 5.07. The van der Waals surface area contributed by atoms with E-state index in [9.17, 15) is 4.39 Å². The molecule has 0 unspecified atom stereocenters. The highest BCUT2D eigenvalue weighted by Crippen LogP contribution is 2.20. The summed E-state index contributed by atoms with van der Waals surface area (Å²) < 4.78 is 22.8. The number of nitrogens with one attached hydrogen (secondary N) is 2. The van der Waals surface area contributed by atoms with E-state index in [2.05, 4.69) is 20.8 Å². The van der Waals surface area contributed by atoms with Gasteiger partial charge in [-0.1, -0.05) is 35.3 Å². The molecular weight excluding hydrogens is 474 g/mol. The second-order valence-corrected chi connectivity index (χ2v) is 7.93. The van der Waals surface area contributed by atoms with Crippen LogP contribution in [-0.2, 0) is 13.3 Å². The summed E-state index contributed by atoms with van der Waals surface area (Å²) >= 11 is 17.4. The summed E-state index contributed by atoms with van der Waals surface area (Å²) in [5.41, 5.74) is 1.05. The van der Waals surface area contributed by atoms with E-state index >= 15 is 0 Å². The summed E-state index contributed by atoms with van der Waals surface area (Å²) in [4.78, 5) is 0. The van der Waals surface area contributed by atoms with Gasteiger partial charge in [0.25, 0.3) is 0 Å². The zero-order chi connectivity index (χ0) is 22.5. The van der Waals surface area contributed by atoms with Crippen LogP contribution in [-0.4, -0.2) is 24.7 Å². The first-order chi connectivity index (χ1) is 15.5. The third-order valence-electron chi connectivity index (χ3n) is 4.31. The molecule has 4 rings (SSSR count). The molecule has 32 heavy (non-hydrogen) atoms. The first-order valence-corrected chi connectivity index (χ1v) is 10.6. The Hall–Kier alpha value is -3.14. The van der Waals surface area contributed by atoms with Gasteiger partial charge >= 0.3 is 0 Å². The smallest absolute Gasteiger partial charge is 0.180 e. The number of thiocarbonyl (C=S) groups is 1. The van der Waals surface area contributed by atoms with E-state index in [4.69, 9.17) is 40.2 Å². The van der Waals surface area contributed by atoms with Gasteiger partial charge < -0.3 is 15.4 Å². The van der Waals surface area contributed by atoms with Gasteiger partial charge in [0.05, 0.1) is 24.6 Å². The van der Waals surface area contributed by atoms with E-state index in [1.807, 2.05) is 12.1 Å². The van der Waals surface area contributed by atoms with Crippen LogP contribution in [0.5, 0.6) is 5.75 Å². The van der Waals surface area contributed by atoms with Crippen LogP contribution >= 0.6 is 35.4 Å². The summed E-state index contributed by atoms with van der Waals surface area (Å²) in [7, 11) is 0. The number of anilines is 2. The van der Waals surface area contributed by atoms with Crippen LogP contribution in [0.3, 0.4) is 0 Å². The van der Waals surface area contributed by atoms with Crippen molar-refractivity contribution < 1.29 is 9.13 Å². The highest BCUT2D eigenvalue weighted by atomic mass is 35.5.